The second kappa shape index (κ2) is 8.81. The number of anilines is 2. The van der Waals surface area contributed by atoms with E-state index in [0.29, 0.717) is 17.8 Å². The van der Waals surface area contributed by atoms with E-state index in [9.17, 15) is 14.4 Å². The fourth-order valence-electron chi connectivity index (χ4n) is 1.71. The normalized spacial score (nSPS) is 11.4. The molecule has 2 N–H and O–H groups in total. The van der Waals surface area contributed by atoms with Gasteiger partial charge in [-0.3, -0.25) is 14.4 Å². The number of benzene rings is 1. The maximum atomic E-state index is 11.9. The minimum absolute atomic E-state index is 0.163. The van der Waals surface area contributed by atoms with Crippen LogP contribution in [0.2, 0.25) is 0 Å². The maximum absolute atomic E-state index is 11.9. The number of hydrogen-bond donors (Lipinski definition) is 2. The molecule has 0 spiro atoms. The Labute approximate surface area is 130 Å². The lowest BCUT2D eigenvalue weighted by Crippen LogP contribution is -2.29. The van der Waals surface area contributed by atoms with Gasteiger partial charge in [-0.05, 0) is 37.6 Å². The molecule has 6 nitrogen and oxygen atoms in total. The molecule has 1 aromatic carbocycles. The summed E-state index contributed by atoms with van der Waals surface area (Å²) in [4.78, 5) is 34.3. The summed E-state index contributed by atoms with van der Waals surface area (Å²) in [7, 11) is 0. The Morgan fingerprint density at radius 3 is 2.14 bits per heavy atom. The molecule has 0 heterocycles. The summed E-state index contributed by atoms with van der Waals surface area (Å²) in [6.45, 7) is 4.93. The van der Waals surface area contributed by atoms with E-state index >= 15 is 0 Å². The lowest BCUT2D eigenvalue weighted by molar-refractivity contribution is -0.153. The third-order valence-corrected chi connectivity index (χ3v) is 2.88. The number of unbranched alkanes of at least 4 members (excludes halogenated alkanes) is 1. The molecular formula is C16H22N2O4. The third-order valence-electron chi connectivity index (χ3n) is 2.88. The Balaban J connectivity index is 2.49. The first-order valence-electron chi connectivity index (χ1n) is 7.30. The van der Waals surface area contributed by atoms with Gasteiger partial charge in [0.25, 0.3) is 5.91 Å². The quantitative estimate of drug-likeness (QED) is 0.759. The topological polar surface area (TPSA) is 84.5 Å². The average Bonchev–Trinajstić information content (AvgIpc) is 2.46. The standard InChI is InChI=1S/C16H22N2O4/c1-4-5-6-15(20)22-11(2)16(21)18-14-9-7-13(8-10-14)17-12(3)19/h7-11H,4-6H2,1-3H3,(H,17,19)(H,18,21)/t11-/m0/s1. The number of carbonyl (C=O) groups excluding carboxylic acids is 3. The van der Waals surface area contributed by atoms with Crippen LogP contribution in [0.4, 0.5) is 11.4 Å². The summed E-state index contributed by atoms with van der Waals surface area (Å²) in [6.07, 6.45) is 1.12. The Morgan fingerprint density at radius 2 is 1.64 bits per heavy atom. The Kier molecular flexibility index (Phi) is 7.08. The van der Waals surface area contributed by atoms with Crippen molar-refractivity contribution in [1.82, 2.24) is 0 Å². The molecule has 0 aliphatic carbocycles. The number of ether oxygens (including phenoxy) is 1. The van der Waals surface area contributed by atoms with Crippen molar-refractivity contribution in [1.29, 1.82) is 0 Å². The van der Waals surface area contributed by atoms with Crippen molar-refractivity contribution in [2.45, 2.75) is 46.1 Å². The largest absolute Gasteiger partial charge is 0.453 e. The molecule has 0 aliphatic heterocycles. The van der Waals surface area contributed by atoms with Gasteiger partial charge in [0.1, 0.15) is 0 Å². The number of hydrogen-bond acceptors (Lipinski definition) is 4. The molecule has 1 aromatic rings. The minimum Gasteiger partial charge on any atom is -0.453 e. The molecule has 0 aliphatic rings. The molecule has 1 atom stereocenters. The van der Waals surface area contributed by atoms with Gasteiger partial charge in [-0.25, -0.2) is 0 Å². The van der Waals surface area contributed by atoms with Crippen LogP contribution < -0.4 is 10.6 Å². The van der Waals surface area contributed by atoms with Gasteiger partial charge in [0, 0.05) is 24.7 Å². The zero-order chi connectivity index (χ0) is 16.5. The molecule has 22 heavy (non-hydrogen) atoms. The zero-order valence-electron chi connectivity index (χ0n) is 13.1. The SMILES string of the molecule is CCCCC(=O)O[C@@H](C)C(=O)Nc1ccc(NC(C)=O)cc1. The Bertz CT molecular complexity index is 525. The van der Waals surface area contributed by atoms with Crippen LogP contribution in [0, 0.1) is 0 Å². The van der Waals surface area contributed by atoms with E-state index in [4.69, 9.17) is 4.74 Å². The molecule has 2 amide bonds. The van der Waals surface area contributed by atoms with E-state index in [2.05, 4.69) is 10.6 Å². The maximum Gasteiger partial charge on any atom is 0.306 e. The highest BCUT2D eigenvalue weighted by Crippen LogP contribution is 2.14. The summed E-state index contributed by atoms with van der Waals surface area (Å²) in [6, 6.07) is 6.67. The molecular weight excluding hydrogens is 284 g/mol. The van der Waals surface area contributed by atoms with Gasteiger partial charge >= 0.3 is 5.97 Å². The number of rotatable bonds is 7. The van der Waals surface area contributed by atoms with Crippen molar-refractivity contribution >= 4 is 29.2 Å². The van der Waals surface area contributed by atoms with Gasteiger partial charge in [-0.15, -0.1) is 0 Å². The molecule has 0 saturated carbocycles. The molecule has 0 radical (unpaired) electrons. The first-order valence-corrected chi connectivity index (χ1v) is 7.30. The molecule has 1 rings (SSSR count). The molecule has 0 fully saturated rings. The second-order valence-electron chi connectivity index (χ2n) is 4.98. The molecule has 0 saturated heterocycles. The van der Waals surface area contributed by atoms with Gasteiger partial charge in [-0.1, -0.05) is 13.3 Å². The molecule has 0 bridgehead atoms. The van der Waals surface area contributed by atoms with Crippen molar-refractivity contribution in [3.63, 3.8) is 0 Å². The van der Waals surface area contributed by atoms with Crippen LogP contribution in [0.3, 0.4) is 0 Å². The smallest absolute Gasteiger partial charge is 0.306 e. The van der Waals surface area contributed by atoms with E-state index in [1.54, 1.807) is 24.3 Å². The minimum atomic E-state index is -0.848. The van der Waals surface area contributed by atoms with Gasteiger partial charge < -0.3 is 15.4 Å². The average molecular weight is 306 g/mol. The Hall–Kier alpha value is -2.37. The number of amides is 2. The van der Waals surface area contributed by atoms with E-state index in [0.717, 1.165) is 12.8 Å². The highest BCUT2D eigenvalue weighted by molar-refractivity contribution is 5.95. The van der Waals surface area contributed by atoms with E-state index in [-0.39, 0.29) is 11.9 Å². The summed E-state index contributed by atoms with van der Waals surface area (Å²) >= 11 is 0. The van der Waals surface area contributed by atoms with Crippen LogP contribution in [0.1, 0.15) is 40.0 Å². The zero-order valence-corrected chi connectivity index (χ0v) is 13.1. The van der Waals surface area contributed by atoms with E-state index in [1.165, 1.54) is 13.8 Å². The lowest BCUT2D eigenvalue weighted by atomic mass is 10.2. The van der Waals surface area contributed by atoms with Gasteiger partial charge in [0.05, 0.1) is 0 Å². The number of nitrogens with one attached hydrogen (secondary N) is 2. The second-order valence-corrected chi connectivity index (χ2v) is 4.98. The fraction of sp³-hybridized carbons (Fsp3) is 0.438. The number of carbonyl (C=O) groups is 3. The highest BCUT2D eigenvalue weighted by atomic mass is 16.5. The van der Waals surface area contributed by atoms with Gasteiger partial charge in [0.2, 0.25) is 5.91 Å². The van der Waals surface area contributed by atoms with Crippen LogP contribution >= 0.6 is 0 Å². The first-order chi connectivity index (χ1) is 10.4. The molecule has 0 aromatic heterocycles. The van der Waals surface area contributed by atoms with Crippen molar-refractivity contribution in [3.05, 3.63) is 24.3 Å². The Morgan fingerprint density at radius 1 is 1.09 bits per heavy atom. The summed E-state index contributed by atoms with van der Waals surface area (Å²) in [5.74, 6) is -0.924. The van der Waals surface area contributed by atoms with Crippen molar-refractivity contribution in [2.24, 2.45) is 0 Å². The van der Waals surface area contributed by atoms with Crippen LogP contribution in [0.15, 0.2) is 24.3 Å². The first kappa shape index (κ1) is 17.7. The third kappa shape index (κ3) is 6.39. The molecule has 0 unspecified atom stereocenters. The highest BCUT2D eigenvalue weighted by Gasteiger charge is 2.17. The monoisotopic (exact) mass is 306 g/mol. The van der Waals surface area contributed by atoms with Crippen LogP contribution in [0.25, 0.3) is 0 Å². The van der Waals surface area contributed by atoms with Crippen LogP contribution in [0.5, 0.6) is 0 Å². The van der Waals surface area contributed by atoms with E-state index < -0.39 is 12.0 Å². The molecule has 6 heteroatoms. The lowest BCUT2D eigenvalue weighted by Gasteiger charge is -2.13. The summed E-state index contributed by atoms with van der Waals surface area (Å²) < 4.78 is 5.05. The number of esters is 1. The summed E-state index contributed by atoms with van der Waals surface area (Å²) in [5, 5.41) is 5.29. The molecule has 120 valence electrons. The van der Waals surface area contributed by atoms with Crippen molar-refractivity contribution in [3.8, 4) is 0 Å². The van der Waals surface area contributed by atoms with Gasteiger partial charge in [-0.2, -0.15) is 0 Å². The predicted octanol–water partition coefficient (Wildman–Crippen LogP) is 2.71. The summed E-state index contributed by atoms with van der Waals surface area (Å²) in [5.41, 5.74) is 1.21. The van der Waals surface area contributed by atoms with Crippen molar-refractivity contribution < 1.29 is 19.1 Å². The fourth-order valence-corrected chi connectivity index (χ4v) is 1.71. The predicted molar refractivity (Wildman–Crippen MR) is 84.5 cm³/mol. The van der Waals surface area contributed by atoms with Crippen molar-refractivity contribution in [2.75, 3.05) is 10.6 Å². The van der Waals surface area contributed by atoms with Gasteiger partial charge in [0.15, 0.2) is 6.10 Å². The van der Waals surface area contributed by atoms with Crippen LogP contribution in [-0.2, 0) is 19.1 Å². The van der Waals surface area contributed by atoms with Crippen LogP contribution in [-0.4, -0.2) is 23.9 Å². The van der Waals surface area contributed by atoms with E-state index in [1.807, 2.05) is 6.92 Å².